The van der Waals surface area contributed by atoms with Crippen LogP contribution in [0.15, 0.2) is 59.5 Å². The van der Waals surface area contributed by atoms with Crippen molar-refractivity contribution in [1.29, 1.82) is 0 Å². The molecule has 21 heavy (non-hydrogen) atoms. The molecule has 0 fully saturated rings. The number of fused-ring (bicyclic) bond motifs is 1. The van der Waals surface area contributed by atoms with Gasteiger partial charge in [0, 0.05) is 12.3 Å². The Kier molecular flexibility index (Phi) is 4.52. The molecule has 106 valence electrons. The molecule has 0 unspecified atom stereocenters. The molecule has 1 N–H and O–H groups in total. The van der Waals surface area contributed by atoms with Crippen LogP contribution in [0.25, 0.3) is 10.8 Å². The summed E-state index contributed by atoms with van der Waals surface area (Å²) in [5.41, 5.74) is 1.33. The summed E-state index contributed by atoms with van der Waals surface area (Å²) in [5, 5.41) is 14.9. The molecular weight excluding hydrogens is 298 g/mol. The Bertz CT molecular complexity index is 747. The lowest BCUT2D eigenvalue weighted by molar-refractivity contribution is 1.01. The van der Waals surface area contributed by atoms with Crippen LogP contribution in [0.3, 0.4) is 0 Å². The molecule has 0 radical (unpaired) electrons. The fourth-order valence-corrected chi connectivity index (χ4v) is 3.82. The smallest absolute Gasteiger partial charge is 0.206 e. The van der Waals surface area contributed by atoms with E-state index in [0.29, 0.717) is 6.54 Å². The van der Waals surface area contributed by atoms with Gasteiger partial charge in [0.25, 0.3) is 0 Å². The van der Waals surface area contributed by atoms with Gasteiger partial charge in [-0.25, -0.2) is 0 Å². The number of nitrogens with one attached hydrogen (secondary N) is 1. The molecule has 0 saturated carbocycles. The Labute approximate surface area is 132 Å². The molecule has 1 aromatic heterocycles. The number of hydrogen-bond acceptors (Lipinski definition) is 5. The van der Waals surface area contributed by atoms with Crippen LogP contribution in [-0.4, -0.2) is 16.7 Å². The summed E-state index contributed by atoms with van der Waals surface area (Å²) in [5.74, 6) is 0.900. The van der Waals surface area contributed by atoms with Crippen LogP contribution in [0.1, 0.15) is 5.56 Å². The zero-order valence-corrected chi connectivity index (χ0v) is 13.1. The minimum Gasteiger partial charge on any atom is -0.357 e. The van der Waals surface area contributed by atoms with Crippen LogP contribution in [0.5, 0.6) is 0 Å². The summed E-state index contributed by atoms with van der Waals surface area (Å²) in [6.45, 7) is 4.39. The highest BCUT2D eigenvalue weighted by Gasteiger charge is 2.06. The minimum atomic E-state index is 0.711. The lowest BCUT2D eigenvalue weighted by Gasteiger charge is -2.04. The third-order valence-electron chi connectivity index (χ3n) is 3.04. The lowest BCUT2D eigenvalue weighted by Crippen LogP contribution is -1.96. The predicted octanol–water partition coefficient (Wildman–Crippen LogP) is 4.58. The number of anilines is 1. The van der Waals surface area contributed by atoms with Gasteiger partial charge in [-0.1, -0.05) is 71.6 Å². The van der Waals surface area contributed by atoms with Gasteiger partial charge in [0.15, 0.2) is 4.34 Å². The molecule has 3 aromatic rings. The highest BCUT2D eigenvalue weighted by atomic mass is 32.2. The van der Waals surface area contributed by atoms with E-state index in [0.717, 1.165) is 15.2 Å². The molecule has 0 aliphatic carbocycles. The quantitative estimate of drug-likeness (QED) is 0.534. The Morgan fingerprint density at radius 3 is 2.90 bits per heavy atom. The van der Waals surface area contributed by atoms with Gasteiger partial charge in [0.2, 0.25) is 5.13 Å². The number of rotatable bonds is 6. The Morgan fingerprint density at radius 2 is 2.00 bits per heavy atom. The second kappa shape index (κ2) is 6.74. The van der Waals surface area contributed by atoms with E-state index in [4.69, 9.17) is 0 Å². The Morgan fingerprint density at radius 1 is 1.14 bits per heavy atom. The van der Waals surface area contributed by atoms with Crippen molar-refractivity contribution in [3.63, 3.8) is 0 Å². The molecule has 0 atom stereocenters. The maximum atomic E-state index is 4.20. The summed E-state index contributed by atoms with van der Waals surface area (Å²) in [6.07, 6.45) is 1.81. The largest absolute Gasteiger partial charge is 0.357 e. The van der Waals surface area contributed by atoms with E-state index in [1.54, 1.807) is 23.1 Å². The van der Waals surface area contributed by atoms with Gasteiger partial charge in [0.1, 0.15) is 0 Å². The first-order valence-corrected chi connectivity index (χ1v) is 8.45. The maximum Gasteiger partial charge on any atom is 0.206 e. The van der Waals surface area contributed by atoms with E-state index in [9.17, 15) is 0 Å². The summed E-state index contributed by atoms with van der Waals surface area (Å²) in [7, 11) is 0. The van der Waals surface area contributed by atoms with Crippen molar-refractivity contribution < 1.29 is 0 Å². The number of benzene rings is 2. The molecule has 3 nitrogen and oxygen atoms in total. The van der Waals surface area contributed by atoms with Crippen LogP contribution in [-0.2, 0) is 5.75 Å². The molecule has 0 aliphatic rings. The monoisotopic (exact) mass is 313 g/mol. The van der Waals surface area contributed by atoms with Crippen molar-refractivity contribution in [2.45, 2.75) is 10.1 Å². The van der Waals surface area contributed by atoms with Gasteiger partial charge < -0.3 is 5.32 Å². The Balaban J connectivity index is 1.71. The highest BCUT2D eigenvalue weighted by Crippen LogP contribution is 2.30. The first kappa shape index (κ1) is 14.1. The molecular formula is C16H15N3S2. The van der Waals surface area contributed by atoms with E-state index >= 15 is 0 Å². The van der Waals surface area contributed by atoms with Crippen molar-refractivity contribution in [3.8, 4) is 0 Å². The van der Waals surface area contributed by atoms with E-state index < -0.39 is 0 Å². The standard InChI is InChI=1S/C16H15N3S2/c1-2-10-17-15-18-19-16(21-15)20-11-13-8-5-7-12-6-3-4-9-14(12)13/h2-9H,1,10-11H2,(H,17,18). The Hall–Kier alpha value is -1.85. The van der Waals surface area contributed by atoms with E-state index in [2.05, 4.69) is 64.6 Å². The van der Waals surface area contributed by atoms with E-state index in [1.807, 2.05) is 6.08 Å². The molecule has 2 aromatic carbocycles. The summed E-state index contributed by atoms with van der Waals surface area (Å²) in [6, 6.07) is 14.9. The second-order valence-electron chi connectivity index (χ2n) is 4.47. The second-order valence-corrected chi connectivity index (χ2v) is 6.67. The normalized spacial score (nSPS) is 10.7. The SMILES string of the molecule is C=CCNc1nnc(SCc2cccc3ccccc23)s1. The van der Waals surface area contributed by atoms with Gasteiger partial charge in [-0.3, -0.25) is 0 Å². The molecule has 0 bridgehead atoms. The van der Waals surface area contributed by atoms with Crippen molar-refractivity contribution in [2.75, 3.05) is 11.9 Å². The predicted molar refractivity (Wildman–Crippen MR) is 92.1 cm³/mol. The van der Waals surface area contributed by atoms with E-state index in [-0.39, 0.29) is 0 Å². The number of aromatic nitrogens is 2. The van der Waals surface area contributed by atoms with Crippen molar-refractivity contribution in [2.24, 2.45) is 0 Å². The van der Waals surface area contributed by atoms with Crippen LogP contribution in [0.2, 0.25) is 0 Å². The average molecular weight is 313 g/mol. The first-order chi connectivity index (χ1) is 10.4. The van der Waals surface area contributed by atoms with Crippen LogP contribution >= 0.6 is 23.1 Å². The third kappa shape index (κ3) is 3.43. The summed E-state index contributed by atoms with van der Waals surface area (Å²) < 4.78 is 0.981. The van der Waals surface area contributed by atoms with Crippen LogP contribution < -0.4 is 5.32 Å². The molecule has 1 heterocycles. The zero-order valence-electron chi connectivity index (χ0n) is 11.5. The summed E-state index contributed by atoms with van der Waals surface area (Å²) in [4.78, 5) is 0. The molecule has 3 rings (SSSR count). The zero-order chi connectivity index (χ0) is 14.5. The van der Waals surface area contributed by atoms with Crippen LogP contribution in [0, 0.1) is 0 Å². The first-order valence-electron chi connectivity index (χ1n) is 6.64. The fourth-order valence-electron chi connectivity index (χ4n) is 2.06. The topological polar surface area (TPSA) is 37.8 Å². The minimum absolute atomic E-state index is 0.711. The highest BCUT2D eigenvalue weighted by molar-refractivity contribution is 8.00. The van der Waals surface area contributed by atoms with Crippen molar-refractivity contribution in [1.82, 2.24) is 10.2 Å². The third-order valence-corrected chi connectivity index (χ3v) is 5.10. The van der Waals surface area contributed by atoms with Gasteiger partial charge in [-0.2, -0.15) is 0 Å². The van der Waals surface area contributed by atoms with Crippen LogP contribution in [0.4, 0.5) is 5.13 Å². The number of nitrogens with zero attached hydrogens (tertiary/aromatic N) is 2. The van der Waals surface area contributed by atoms with Gasteiger partial charge >= 0.3 is 0 Å². The molecule has 0 saturated heterocycles. The maximum absolute atomic E-state index is 4.20. The fraction of sp³-hybridized carbons (Fsp3) is 0.125. The van der Waals surface area contributed by atoms with Crippen molar-refractivity contribution in [3.05, 3.63) is 60.7 Å². The van der Waals surface area contributed by atoms with Gasteiger partial charge in [-0.15, -0.1) is 16.8 Å². The molecule has 0 spiro atoms. The molecule has 0 aliphatic heterocycles. The summed E-state index contributed by atoms with van der Waals surface area (Å²) >= 11 is 3.30. The average Bonchev–Trinajstić information content (AvgIpc) is 2.99. The van der Waals surface area contributed by atoms with Crippen molar-refractivity contribution >= 4 is 39.0 Å². The molecule has 0 amide bonds. The number of hydrogen-bond donors (Lipinski definition) is 1. The molecule has 5 heteroatoms. The lowest BCUT2D eigenvalue weighted by atomic mass is 10.1. The van der Waals surface area contributed by atoms with Gasteiger partial charge in [-0.05, 0) is 16.3 Å². The van der Waals surface area contributed by atoms with E-state index in [1.165, 1.54) is 16.3 Å². The number of thioether (sulfide) groups is 1. The van der Waals surface area contributed by atoms with Gasteiger partial charge in [0.05, 0.1) is 0 Å².